The molecule has 1 aliphatic heterocycles. The van der Waals surface area contributed by atoms with Gasteiger partial charge < -0.3 is 5.32 Å². The maximum Gasteiger partial charge on any atom is 0.241 e. The first kappa shape index (κ1) is 18.3. The summed E-state index contributed by atoms with van der Waals surface area (Å²) in [7, 11) is 0. The van der Waals surface area contributed by atoms with Gasteiger partial charge in [0, 0.05) is 11.6 Å². The Labute approximate surface area is 145 Å². The molecule has 0 saturated carbocycles. The summed E-state index contributed by atoms with van der Waals surface area (Å²) in [6.45, 7) is 8.25. The van der Waals surface area contributed by atoms with E-state index >= 15 is 0 Å². The molecule has 1 aromatic rings. The molecular weight excluding hydrogens is 308 g/mol. The van der Waals surface area contributed by atoms with E-state index in [9.17, 15) is 4.79 Å². The number of likely N-dealkylation sites (tertiary alicyclic amines) is 1. The van der Waals surface area contributed by atoms with Crippen molar-refractivity contribution in [2.75, 3.05) is 24.3 Å². The molecule has 0 spiro atoms. The molecule has 3 nitrogen and oxygen atoms in total. The number of halogens is 1. The van der Waals surface area contributed by atoms with Gasteiger partial charge in [-0.15, -0.1) is 11.6 Å². The standard InChI is InChI=1S/C19H29ClN2O/c1-4-11-22-12-9-16(8-10-20)13-17(22)19(23)21-18-14(2)6-5-7-15(18)3/h5-7,16-17H,4,8-13H2,1-3H3,(H,21,23)/t16-,17+/m1/s1. The molecule has 128 valence electrons. The van der Waals surface area contributed by atoms with Crippen LogP contribution in [0, 0.1) is 19.8 Å². The number of piperidine rings is 1. The lowest BCUT2D eigenvalue weighted by molar-refractivity contribution is -0.123. The van der Waals surface area contributed by atoms with Gasteiger partial charge in [0.1, 0.15) is 0 Å². The number of carbonyl (C=O) groups excluding carboxylic acids is 1. The number of amides is 1. The Morgan fingerprint density at radius 1 is 1.35 bits per heavy atom. The van der Waals surface area contributed by atoms with E-state index in [1.54, 1.807) is 0 Å². The maximum absolute atomic E-state index is 12.9. The average Bonchev–Trinajstić information content (AvgIpc) is 2.53. The molecule has 1 saturated heterocycles. The lowest BCUT2D eigenvalue weighted by atomic mass is 9.88. The maximum atomic E-state index is 12.9. The predicted molar refractivity (Wildman–Crippen MR) is 98.3 cm³/mol. The summed E-state index contributed by atoms with van der Waals surface area (Å²) in [6, 6.07) is 6.09. The number of carbonyl (C=O) groups is 1. The van der Waals surface area contributed by atoms with Crippen LogP contribution in [0.3, 0.4) is 0 Å². The van der Waals surface area contributed by atoms with E-state index in [1.807, 2.05) is 32.0 Å². The zero-order valence-corrected chi connectivity index (χ0v) is 15.3. The van der Waals surface area contributed by atoms with E-state index in [1.165, 1.54) is 0 Å². The SMILES string of the molecule is CCCN1CC[C@@H](CCCl)C[C@H]1C(=O)Nc1c(C)cccc1C. The molecule has 2 rings (SSSR count). The van der Waals surface area contributed by atoms with Gasteiger partial charge in [-0.2, -0.15) is 0 Å². The first-order valence-electron chi connectivity index (χ1n) is 8.73. The lowest BCUT2D eigenvalue weighted by Crippen LogP contribution is -2.49. The van der Waals surface area contributed by atoms with E-state index < -0.39 is 0 Å². The van der Waals surface area contributed by atoms with Gasteiger partial charge in [0.25, 0.3) is 0 Å². The van der Waals surface area contributed by atoms with Crippen LogP contribution in [0.4, 0.5) is 5.69 Å². The molecule has 0 aromatic heterocycles. The summed E-state index contributed by atoms with van der Waals surface area (Å²) in [5, 5.41) is 3.19. The van der Waals surface area contributed by atoms with Gasteiger partial charge in [-0.25, -0.2) is 0 Å². The van der Waals surface area contributed by atoms with E-state index in [0.717, 1.165) is 55.6 Å². The van der Waals surface area contributed by atoms with Gasteiger partial charge in [0.05, 0.1) is 6.04 Å². The third kappa shape index (κ3) is 4.71. The van der Waals surface area contributed by atoms with E-state index in [0.29, 0.717) is 11.8 Å². The molecule has 1 heterocycles. The van der Waals surface area contributed by atoms with Crippen LogP contribution in [0.2, 0.25) is 0 Å². The minimum atomic E-state index is -0.0316. The number of alkyl halides is 1. The largest absolute Gasteiger partial charge is 0.324 e. The Hall–Kier alpha value is -1.06. The quantitative estimate of drug-likeness (QED) is 0.783. The fourth-order valence-electron chi connectivity index (χ4n) is 3.55. The highest BCUT2D eigenvalue weighted by Gasteiger charge is 2.32. The highest BCUT2D eigenvalue weighted by Crippen LogP contribution is 2.28. The fourth-order valence-corrected chi connectivity index (χ4v) is 3.86. The van der Waals surface area contributed by atoms with Crippen LogP contribution in [0.1, 0.15) is 43.7 Å². The van der Waals surface area contributed by atoms with Crippen molar-refractivity contribution in [3.05, 3.63) is 29.3 Å². The number of benzene rings is 1. The summed E-state index contributed by atoms with van der Waals surface area (Å²) >= 11 is 5.92. The molecule has 0 unspecified atom stereocenters. The minimum Gasteiger partial charge on any atom is -0.324 e. The molecule has 1 aromatic carbocycles. The Bertz CT molecular complexity index is 512. The summed E-state index contributed by atoms with van der Waals surface area (Å²) < 4.78 is 0. The number of nitrogens with zero attached hydrogens (tertiary/aromatic N) is 1. The fraction of sp³-hybridized carbons (Fsp3) is 0.632. The summed E-state index contributed by atoms with van der Waals surface area (Å²) in [4.78, 5) is 15.3. The number of aryl methyl sites for hydroxylation is 2. The van der Waals surface area contributed by atoms with Crippen LogP contribution in [-0.4, -0.2) is 35.8 Å². The van der Waals surface area contributed by atoms with Crippen molar-refractivity contribution in [3.63, 3.8) is 0 Å². The van der Waals surface area contributed by atoms with Gasteiger partial charge in [0.2, 0.25) is 5.91 Å². The van der Waals surface area contributed by atoms with Crippen LogP contribution in [-0.2, 0) is 4.79 Å². The minimum absolute atomic E-state index is 0.0316. The molecule has 1 aliphatic rings. The number of rotatable bonds is 6. The topological polar surface area (TPSA) is 32.3 Å². The molecule has 4 heteroatoms. The van der Waals surface area contributed by atoms with Crippen molar-refractivity contribution in [2.24, 2.45) is 5.92 Å². The second kappa shape index (κ2) is 8.70. The first-order chi connectivity index (χ1) is 11.1. The molecule has 1 fully saturated rings. The normalized spacial score (nSPS) is 22.1. The predicted octanol–water partition coefficient (Wildman–Crippen LogP) is 4.36. The number of hydrogen-bond acceptors (Lipinski definition) is 2. The summed E-state index contributed by atoms with van der Waals surface area (Å²) in [5.41, 5.74) is 3.20. The van der Waals surface area contributed by atoms with Crippen LogP contribution in [0.15, 0.2) is 18.2 Å². The van der Waals surface area contributed by atoms with Crippen molar-refractivity contribution in [1.82, 2.24) is 4.90 Å². The van der Waals surface area contributed by atoms with E-state index in [4.69, 9.17) is 11.6 Å². The molecule has 0 aliphatic carbocycles. The zero-order chi connectivity index (χ0) is 16.8. The summed E-state index contributed by atoms with van der Waals surface area (Å²) in [5.74, 6) is 1.38. The van der Waals surface area contributed by atoms with Crippen LogP contribution < -0.4 is 5.32 Å². The Morgan fingerprint density at radius 3 is 2.65 bits per heavy atom. The van der Waals surface area contributed by atoms with Crippen molar-refractivity contribution >= 4 is 23.2 Å². The third-order valence-electron chi connectivity index (χ3n) is 4.88. The molecule has 0 radical (unpaired) electrons. The smallest absolute Gasteiger partial charge is 0.241 e. The van der Waals surface area contributed by atoms with Crippen LogP contribution in [0.25, 0.3) is 0 Å². The highest BCUT2D eigenvalue weighted by molar-refractivity contribution is 6.17. The monoisotopic (exact) mass is 336 g/mol. The number of anilines is 1. The zero-order valence-electron chi connectivity index (χ0n) is 14.6. The number of nitrogens with one attached hydrogen (secondary N) is 1. The van der Waals surface area contributed by atoms with Gasteiger partial charge >= 0.3 is 0 Å². The Kier molecular flexibility index (Phi) is 6.91. The van der Waals surface area contributed by atoms with Gasteiger partial charge in [-0.3, -0.25) is 9.69 Å². The lowest BCUT2D eigenvalue weighted by Gasteiger charge is -2.38. The van der Waals surface area contributed by atoms with Gasteiger partial charge in [-0.05, 0) is 69.7 Å². The second-order valence-electron chi connectivity index (χ2n) is 6.68. The van der Waals surface area contributed by atoms with Crippen molar-refractivity contribution in [2.45, 2.75) is 52.5 Å². The van der Waals surface area contributed by atoms with E-state index in [-0.39, 0.29) is 11.9 Å². The third-order valence-corrected chi connectivity index (χ3v) is 5.10. The molecule has 2 atom stereocenters. The van der Waals surface area contributed by atoms with Gasteiger partial charge in [-0.1, -0.05) is 25.1 Å². The molecule has 23 heavy (non-hydrogen) atoms. The number of para-hydroxylation sites is 1. The summed E-state index contributed by atoms with van der Waals surface area (Å²) in [6.07, 6.45) is 4.16. The van der Waals surface area contributed by atoms with E-state index in [2.05, 4.69) is 17.1 Å². The van der Waals surface area contributed by atoms with Gasteiger partial charge in [0.15, 0.2) is 0 Å². The molecular formula is C19H29ClN2O. The first-order valence-corrected chi connectivity index (χ1v) is 9.27. The van der Waals surface area contributed by atoms with Crippen molar-refractivity contribution in [1.29, 1.82) is 0 Å². The van der Waals surface area contributed by atoms with Crippen LogP contribution >= 0.6 is 11.6 Å². The molecule has 0 bridgehead atoms. The van der Waals surface area contributed by atoms with Crippen molar-refractivity contribution in [3.8, 4) is 0 Å². The Morgan fingerprint density at radius 2 is 2.04 bits per heavy atom. The Balaban J connectivity index is 2.12. The molecule has 1 amide bonds. The second-order valence-corrected chi connectivity index (χ2v) is 7.05. The average molecular weight is 337 g/mol. The molecule has 1 N–H and O–H groups in total. The highest BCUT2D eigenvalue weighted by atomic mass is 35.5. The van der Waals surface area contributed by atoms with Crippen LogP contribution in [0.5, 0.6) is 0 Å². The van der Waals surface area contributed by atoms with Crippen molar-refractivity contribution < 1.29 is 4.79 Å². The number of hydrogen-bond donors (Lipinski definition) is 1.